The lowest BCUT2D eigenvalue weighted by Gasteiger charge is -2.30. The summed E-state index contributed by atoms with van der Waals surface area (Å²) in [5.41, 5.74) is 0.0335. The predicted molar refractivity (Wildman–Crippen MR) is 174 cm³/mol. The predicted octanol–water partition coefficient (Wildman–Crippen LogP) is 7.28. The fourth-order valence-corrected chi connectivity index (χ4v) is 9.19. The number of hydrogen-bond donors (Lipinski definition) is 1. The van der Waals surface area contributed by atoms with Crippen LogP contribution in [-0.2, 0) is 27.1 Å². The second kappa shape index (κ2) is 11.6. The monoisotopic (exact) mass is 723 g/mol. The van der Waals surface area contributed by atoms with Crippen LogP contribution in [0.25, 0.3) is 10.8 Å². The van der Waals surface area contributed by atoms with Crippen LogP contribution in [0.3, 0.4) is 0 Å². The largest absolute Gasteiger partial charge is 0.416 e. The van der Waals surface area contributed by atoms with Crippen LogP contribution in [0.2, 0.25) is 0 Å². The lowest BCUT2D eigenvalue weighted by atomic mass is 9.83. The number of benzene rings is 4. The molecule has 3 unspecified atom stereocenters. The van der Waals surface area contributed by atoms with Gasteiger partial charge in [-0.15, -0.1) is 0 Å². The fourth-order valence-electron chi connectivity index (χ4n) is 6.00. The molecule has 13 heteroatoms. The Morgan fingerprint density at radius 2 is 1.63 bits per heavy atom. The van der Waals surface area contributed by atoms with E-state index in [9.17, 15) is 32.3 Å². The number of carbonyl (C=O) groups excluding carboxylic acids is 3. The number of hydrogen-bond acceptors (Lipinski definition) is 6. The number of amides is 3. The first-order chi connectivity index (χ1) is 22.0. The average Bonchev–Trinajstić information content (AvgIpc) is 3.46. The second-order valence-corrected chi connectivity index (χ2v) is 13.9. The number of fused-ring (bicyclic) bond motifs is 3. The van der Waals surface area contributed by atoms with Crippen LogP contribution in [-0.4, -0.2) is 27.5 Å². The average molecular weight is 725 g/mol. The number of aromatic nitrogens is 1. The molecule has 7 nitrogen and oxygen atoms in total. The number of anilines is 2. The zero-order valence-electron chi connectivity index (χ0n) is 23.5. The lowest BCUT2D eigenvalue weighted by Crippen LogP contribution is -2.33. The molecule has 3 amide bonds. The zero-order valence-corrected chi connectivity index (χ0v) is 26.7. The Morgan fingerprint density at radius 1 is 0.870 bits per heavy atom. The van der Waals surface area contributed by atoms with Gasteiger partial charge in [-0.2, -0.15) is 13.2 Å². The third kappa shape index (κ3) is 5.35. The molecule has 1 aromatic heterocycles. The summed E-state index contributed by atoms with van der Waals surface area (Å²) in [6.45, 7) is -0.341. The van der Waals surface area contributed by atoms with Crippen LogP contribution < -0.4 is 15.1 Å². The summed E-state index contributed by atoms with van der Waals surface area (Å²) in [6, 6.07) is 24.4. The van der Waals surface area contributed by atoms with Crippen molar-refractivity contribution in [3.05, 3.63) is 121 Å². The van der Waals surface area contributed by atoms with Gasteiger partial charge in [-0.3, -0.25) is 23.7 Å². The summed E-state index contributed by atoms with van der Waals surface area (Å²) in [5.74, 6) is -3.55. The van der Waals surface area contributed by atoms with Crippen LogP contribution in [0.15, 0.2) is 105 Å². The highest BCUT2D eigenvalue weighted by atomic mass is 79.9. The van der Waals surface area contributed by atoms with Gasteiger partial charge >= 0.3 is 11.0 Å². The number of halogens is 4. The fraction of sp³-hybridized carbons (Fsp3) is 0.152. The molecule has 2 aliphatic rings. The minimum Gasteiger partial charge on any atom is -0.325 e. The number of carbonyl (C=O) groups is 3. The Bertz CT molecular complexity index is 2130. The van der Waals surface area contributed by atoms with Gasteiger partial charge < -0.3 is 5.32 Å². The number of thiazole rings is 1. The molecule has 0 bridgehead atoms. The molecule has 1 N–H and O–H groups in total. The number of imide groups is 1. The minimum atomic E-state index is -4.67. The number of thioether (sulfide) groups is 1. The molecular formula is C33H21BrF3N3O4S2. The number of nitrogens with zero attached hydrogens (tertiary/aromatic N) is 2. The van der Waals surface area contributed by atoms with E-state index in [4.69, 9.17) is 0 Å². The molecule has 4 aromatic carbocycles. The van der Waals surface area contributed by atoms with Gasteiger partial charge in [0.1, 0.15) is 11.8 Å². The summed E-state index contributed by atoms with van der Waals surface area (Å²) in [6.07, 6.45) is -4.67. The van der Waals surface area contributed by atoms with Crippen molar-refractivity contribution >= 4 is 78.9 Å². The number of nitrogens with one attached hydrogen (secondary N) is 1. The molecule has 0 saturated carbocycles. The van der Waals surface area contributed by atoms with Gasteiger partial charge in [-0.25, -0.2) is 4.90 Å². The third-order valence-corrected chi connectivity index (χ3v) is 11.1. The molecule has 232 valence electrons. The van der Waals surface area contributed by atoms with E-state index in [-0.39, 0.29) is 12.2 Å². The Labute approximate surface area is 276 Å². The molecule has 7 rings (SSSR count). The first-order valence-electron chi connectivity index (χ1n) is 14.0. The van der Waals surface area contributed by atoms with E-state index in [1.54, 1.807) is 30.3 Å². The first-order valence-corrected chi connectivity index (χ1v) is 16.5. The van der Waals surface area contributed by atoms with E-state index in [0.717, 1.165) is 57.0 Å². The van der Waals surface area contributed by atoms with E-state index in [2.05, 4.69) is 21.2 Å². The molecule has 0 aliphatic carbocycles. The van der Waals surface area contributed by atoms with Crippen molar-refractivity contribution in [3.8, 4) is 0 Å². The topological polar surface area (TPSA) is 88.5 Å². The van der Waals surface area contributed by atoms with Crippen molar-refractivity contribution in [1.82, 2.24) is 4.57 Å². The Kier molecular flexibility index (Phi) is 7.65. The van der Waals surface area contributed by atoms with E-state index in [1.807, 2.05) is 36.4 Å². The summed E-state index contributed by atoms with van der Waals surface area (Å²) in [5, 5.41) is 4.10. The highest BCUT2D eigenvalue weighted by Gasteiger charge is 2.57. The minimum absolute atomic E-state index is 0.177. The molecule has 46 heavy (non-hydrogen) atoms. The Hall–Kier alpha value is -4.20. The molecule has 0 spiro atoms. The van der Waals surface area contributed by atoms with Crippen molar-refractivity contribution < 1.29 is 27.6 Å². The van der Waals surface area contributed by atoms with Gasteiger partial charge in [0.15, 0.2) is 0 Å². The Morgan fingerprint density at radius 3 is 2.39 bits per heavy atom. The molecular weight excluding hydrogens is 703 g/mol. The SMILES string of the molecule is O=C(Cn1c2c(sc1=O)C(c1cccc(Br)c1)C1C(=O)N(c3cccc(C(F)(F)F)c3)C(=O)C1S2)Nc1ccc2ccccc2c1. The van der Waals surface area contributed by atoms with Crippen molar-refractivity contribution in [2.75, 3.05) is 10.2 Å². The number of rotatable bonds is 5. The summed E-state index contributed by atoms with van der Waals surface area (Å²) < 4.78 is 42.6. The van der Waals surface area contributed by atoms with Gasteiger partial charge in [0.25, 0.3) is 0 Å². The van der Waals surface area contributed by atoms with Crippen LogP contribution in [0.1, 0.15) is 21.9 Å². The maximum atomic E-state index is 14.0. The molecule has 3 heterocycles. The van der Waals surface area contributed by atoms with Crippen molar-refractivity contribution in [1.29, 1.82) is 0 Å². The van der Waals surface area contributed by atoms with Crippen molar-refractivity contribution in [3.63, 3.8) is 0 Å². The van der Waals surface area contributed by atoms with Gasteiger partial charge in [0.05, 0.1) is 22.2 Å². The van der Waals surface area contributed by atoms with Crippen LogP contribution in [0, 0.1) is 5.92 Å². The van der Waals surface area contributed by atoms with E-state index >= 15 is 0 Å². The molecule has 1 fully saturated rings. The summed E-state index contributed by atoms with van der Waals surface area (Å²) >= 11 is 5.34. The third-order valence-electron chi connectivity index (χ3n) is 8.02. The van der Waals surface area contributed by atoms with Gasteiger partial charge in [-0.05, 0) is 58.8 Å². The lowest BCUT2D eigenvalue weighted by molar-refractivity contribution is -0.137. The van der Waals surface area contributed by atoms with Crippen LogP contribution in [0.5, 0.6) is 0 Å². The first kappa shape index (κ1) is 30.5. The van der Waals surface area contributed by atoms with E-state index in [0.29, 0.717) is 25.6 Å². The second-order valence-electron chi connectivity index (χ2n) is 10.9. The Balaban J connectivity index is 1.26. The molecule has 0 radical (unpaired) electrons. The van der Waals surface area contributed by atoms with E-state index in [1.165, 1.54) is 10.6 Å². The maximum absolute atomic E-state index is 14.0. The highest BCUT2D eigenvalue weighted by molar-refractivity contribution is 9.10. The van der Waals surface area contributed by atoms with E-state index < -0.39 is 51.4 Å². The van der Waals surface area contributed by atoms with Crippen molar-refractivity contribution in [2.24, 2.45) is 5.92 Å². The molecule has 3 atom stereocenters. The van der Waals surface area contributed by atoms with Crippen molar-refractivity contribution in [2.45, 2.75) is 28.9 Å². The standard InChI is InChI=1S/C33H21BrF3N3O4S2/c34-21-9-3-7-19(13-21)25-26-27(30(43)40(29(26)42)23-10-4-8-20(15-23)33(35,36)37)45-31-28(25)46-32(44)39(31)16-24(41)38-22-12-11-17-5-1-2-6-18(17)14-22/h1-15,25-27H,16H2,(H,38,41). The zero-order chi connectivity index (χ0) is 32.3. The molecule has 1 saturated heterocycles. The van der Waals surface area contributed by atoms with Gasteiger partial charge in [0, 0.05) is 21.0 Å². The molecule has 2 aliphatic heterocycles. The smallest absolute Gasteiger partial charge is 0.325 e. The number of alkyl halides is 3. The van der Waals surface area contributed by atoms with Gasteiger partial charge in [0.2, 0.25) is 17.7 Å². The summed E-state index contributed by atoms with van der Waals surface area (Å²) in [7, 11) is 0. The van der Waals surface area contributed by atoms with Crippen LogP contribution in [0.4, 0.5) is 24.5 Å². The maximum Gasteiger partial charge on any atom is 0.416 e. The van der Waals surface area contributed by atoms with Gasteiger partial charge in [-0.1, -0.05) is 87.6 Å². The van der Waals surface area contributed by atoms with Crippen LogP contribution >= 0.6 is 39.0 Å². The summed E-state index contributed by atoms with van der Waals surface area (Å²) in [4.78, 5) is 55.4. The quantitative estimate of drug-likeness (QED) is 0.193. The molecule has 5 aromatic rings. The normalized spacial score (nSPS) is 19.3. The highest BCUT2D eigenvalue weighted by Crippen LogP contribution is 2.54.